The molecule has 0 amide bonds. The van der Waals surface area contributed by atoms with Gasteiger partial charge in [0.25, 0.3) is 0 Å². The molecule has 7 heteroatoms. The number of hydrogen-bond donors (Lipinski definition) is 1. The van der Waals surface area contributed by atoms with Crippen LogP contribution in [0.4, 0.5) is 5.82 Å². The lowest BCUT2D eigenvalue weighted by molar-refractivity contribution is 0.407. The lowest BCUT2D eigenvalue weighted by atomic mass is 10.1. The molecular weight excluding hydrogens is 328 g/mol. The number of ether oxygens (including phenoxy) is 1. The molecule has 0 aliphatic carbocycles. The summed E-state index contributed by atoms with van der Waals surface area (Å²) in [4.78, 5) is 0. The number of benzene rings is 2. The molecule has 24 heavy (non-hydrogen) atoms. The van der Waals surface area contributed by atoms with Crippen LogP contribution in [0.3, 0.4) is 0 Å². The third kappa shape index (κ3) is 3.75. The van der Waals surface area contributed by atoms with Gasteiger partial charge in [0.05, 0.1) is 18.4 Å². The Morgan fingerprint density at radius 2 is 1.79 bits per heavy atom. The Morgan fingerprint density at radius 3 is 2.54 bits per heavy atom. The Labute approximate surface area is 140 Å². The number of nitrogens with one attached hydrogen (secondary N) is 1. The van der Waals surface area contributed by atoms with Gasteiger partial charge in [-0.25, -0.2) is 8.42 Å². The summed E-state index contributed by atoms with van der Waals surface area (Å²) < 4.78 is 37.4. The van der Waals surface area contributed by atoms with Crippen molar-refractivity contribution >= 4 is 15.8 Å². The minimum absolute atomic E-state index is 0.131. The van der Waals surface area contributed by atoms with Crippen LogP contribution in [0.5, 0.6) is 5.75 Å². The number of hydrogen-bond acceptors (Lipinski definition) is 5. The van der Waals surface area contributed by atoms with Crippen molar-refractivity contribution in [3.8, 4) is 17.1 Å². The molecule has 0 atom stereocenters. The highest BCUT2D eigenvalue weighted by atomic mass is 32.2. The van der Waals surface area contributed by atoms with Gasteiger partial charge >= 0.3 is 0 Å². The summed E-state index contributed by atoms with van der Waals surface area (Å²) in [5.74, 6) is 1.04. The van der Waals surface area contributed by atoms with Crippen LogP contribution in [0.25, 0.3) is 11.3 Å². The first-order valence-electron chi connectivity index (χ1n) is 7.22. The molecule has 1 heterocycles. The summed E-state index contributed by atoms with van der Waals surface area (Å²) in [7, 11) is -2.02. The Morgan fingerprint density at radius 1 is 1.08 bits per heavy atom. The van der Waals surface area contributed by atoms with E-state index in [2.05, 4.69) is 9.88 Å². The van der Waals surface area contributed by atoms with Crippen molar-refractivity contribution in [1.82, 2.24) is 5.16 Å². The summed E-state index contributed by atoms with van der Waals surface area (Å²) in [6.07, 6.45) is 0. The van der Waals surface area contributed by atoms with E-state index in [0.29, 0.717) is 22.6 Å². The lowest BCUT2D eigenvalue weighted by Crippen LogP contribution is -2.15. The van der Waals surface area contributed by atoms with Gasteiger partial charge in [0.2, 0.25) is 10.0 Å². The highest BCUT2D eigenvalue weighted by Crippen LogP contribution is 2.31. The monoisotopic (exact) mass is 344 g/mol. The van der Waals surface area contributed by atoms with Crippen molar-refractivity contribution in [3.05, 3.63) is 66.2 Å². The van der Waals surface area contributed by atoms with E-state index in [-0.39, 0.29) is 11.6 Å². The van der Waals surface area contributed by atoms with Gasteiger partial charge in [-0.1, -0.05) is 47.6 Å². The Balaban J connectivity index is 1.79. The fourth-order valence-corrected chi connectivity index (χ4v) is 3.41. The molecule has 6 nitrogen and oxygen atoms in total. The van der Waals surface area contributed by atoms with Gasteiger partial charge in [-0.3, -0.25) is 4.72 Å². The van der Waals surface area contributed by atoms with E-state index in [1.54, 1.807) is 37.4 Å². The fraction of sp³-hybridized carbons (Fsp3) is 0.118. The van der Waals surface area contributed by atoms with Gasteiger partial charge < -0.3 is 9.26 Å². The first-order valence-corrected chi connectivity index (χ1v) is 8.87. The molecule has 0 unspecified atom stereocenters. The number of methoxy groups -OCH3 is 1. The average molecular weight is 344 g/mol. The second-order valence-corrected chi connectivity index (χ2v) is 6.85. The normalized spacial score (nSPS) is 11.2. The molecule has 0 radical (unpaired) electrons. The SMILES string of the molecule is COc1ccccc1-c1cc(NS(=O)(=O)Cc2ccccc2)no1. The molecule has 0 aliphatic rings. The van der Waals surface area contributed by atoms with Crippen molar-refractivity contribution in [2.24, 2.45) is 0 Å². The van der Waals surface area contributed by atoms with Crippen LogP contribution in [-0.2, 0) is 15.8 Å². The van der Waals surface area contributed by atoms with Crippen LogP contribution in [-0.4, -0.2) is 20.7 Å². The quantitative estimate of drug-likeness (QED) is 0.742. The highest BCUT2D eigenvalue weighted by Gasteiger charge is 2.16. The topological polar surface area (TPSA) is 81.4 Å². The van der Waals surface area contributed by atoms with Gasteiger partial charge in [0.15, 0.2) is 11.6 Å². The molecule has 2 aromatic carbocycles. The maximum Gasteiger partial charge on any atom is 0.238 e. The van der Waals surface area contributed by atoms with E-state index in [9.17, 15) is 8.42 Å². The van der Waals surface area contributed by atoms with Crippen molar-refractivity contribution in [2.45, 2.75) is 5.75 Å². The summed E-state index contributed by atoms with van der Waals surface area (Å²) in [5, 5.41) is 3.77. The van der Waals surface area contributed by atoms with E-state index >= 15 is 0 Å². The zero-order valence-electron chi connectivity index (χ0n) is 13.0. The molecule has 0 spiro atoms. The number of sulfonamides is 1. The van der Waals surface area contributed by atoms with Gasteiger partial charge in [-0.2, -0.15) is 0 Å². The van der Waals surface area contributed by atoms with Crippen LogP contribution < -0.4 is 9.46 Å². The molecular formula is C17H16N2O4S. The Kier molecular flexibility index (Phi) is 4.52. The number of aromatic nitrogens is 1. The minimum atomic E-state index is -3.58. The third-order valence-electron chi connectivity index (χ3n) is 3.34. The van der Waals surface area contributed by atoms with Gasteiger partial charge in [-0.05, 0) is 17.7 Å². The fourth-order valence-electron chi connectivity index (χ4n) is 2.29. The first-order chi connectivity index (χ1) is 11.6. The van der Waals surface area contributed by atoms with Crippen LogP contribution in [0, 0.1) is 0 Å². The molecule has 1 N–H and O–H groups in total. The average Bonchev–Trinajstić information content (AvgIpc) is 3.02. The molecule has 1 aromatic heterocycles. The number of para-hydroxylation sites is 1. The third-order valence-corrected chi connectivity index (χ3v) is 4.58. The van der Waals surface area contributed by atoms with Gasteiger partial charge in [0, 0.05) is 6.07 Å². The molecule has 124 valence electrons. The number of anilines is 1. The Bertz CT molecular complexity index is 921. The zero-order valence-corrected chi connectivity index (χ0v) is 13.8. The van der Waals surface area contributed by atoms with E-state index in [0.717, 1.165) is 0 Å². The van der Waals surface area contributed by atoms with Crippen molar-refractivity contribution in [3.63, 3.8) is 0 Å². The first kappa shape index (κ1) is 16.1. The van der Waals surface area contributed by atoms with Gasteiger partial charge in [-0.15, -0.1) is 0 Å². The molecule has 0 saturated heterocycles. The van der Waals surface area contributed by atoms with Crippen LogP contribution in [0.1, 0.15) is 5.56 Å². The maximum atomic E-state index is 12.2. The molecule has 0 fully saturated rings. The molecule has 0 bridgehead atoms. The predicted octanol–water partition coefficient (Wildman–Crippen LogP) is 3.29. The molecule has 3 aromatic rings. The second kappa shape index (κ2) is 6.76. The maximum absolute atomic E-state index is 12.2. The highest BCUT2D eigenvalue weighted by molar-refractivity contribution is 7.91. The molecule has 0 aliphatic heterocycles. The summed E-state index contributed by atoms with van der Waals surface area (Å²) in [6, 6.07) is 17.7. The number of nitrogens with zero attached hydrogens (tertiary/aromatic N) is 1. The predicted molar refractivity (Wildman–Crippen MR) is 91.2 cm³/mol. The standard InChI is InChI=1S/C17H16N2O4S/c1-22-15-10-6-5-9-14(15)16-11-17(18-23-16)19-24(20,21)12-13-7-3-2-4-8-13/h2-11H,12H2,1H3,(H,18,19). The molecule has 3 rings (SSSR count). The van der Waals surface area contributed by atoms with E-state index in [4.69, 9.17) is 9.26 Å². The zero-order chi connectivity index (χ0) is 17.0. The minimum Gasteiger partial charge on any atom is -0.496 e. The van der Waals surface area contributed by atoms with E-state index in [1.165, 1.54) is 6.07 Å². The van der Waals surface area contributed by atoms with Crippen molar-refractivity contribution in [1.29, 1.82) is 0 Å². The summed E-state index contributed by atoms with van der Waals surface area (Å²) >= 11 is 0. The van der Waals surface area contributed by atoms with Crippen molar-refractivity contribution < 1.29 is 17.7 Å². The molecule has 0 saturated carbocycles. The lowest BCUT2D eigenvalue weighted by Gasteiger charge is -2.04. The summed E-state index contributed by atoms with van der Waals surface area (Å²) in [5.41, 5.74) is 1.39. The van der Waals surface area contributed by atoms with E-state index in [1.807, 2.05) is 24.3 Å². The van der Waals surface area contributed by atoms with Crippen LogP contribution >= 0.6 is 0 Å². The number of rotatable bonds is 6. The largest absolute Gasteiger partial charge is 0.496 e. The second-order valence-electron chi connectivity index (χ2n) is 5.12. The van der Waals surface area contributed by atoms with Crippen molar-refractivity contribution in [2.75, 3.05) is 11.8 Å². The Hall–Kier alpha value is -2.80. The smallest absolute Gasteiger partial charge is 0.238 e. The van der Waals surface area contributed by atoms with Crippen LogP contribution in [0.15, 0.2) is 65.2 Å². The van der Waals surface area contributed by atoms with Crippen LogP contribution in [0.2, 0.25) is 0 Å². The van der Waals surface area contributed by atoms with Gasteiger partial charge in [0.1, 0.15) is 5.75 Å². The van der Waals surface area contributed by atoms with E-state index < -0.39 is 10.0 Å². The summed E-state index contributed by atoms with van der Waals surface area (Å²) in [6.45, 7) is 0.